The molecule has 0 bridgehead atoms. The molecule has 5 heteroatoms. The fourth-order valence-corrected chi connectivity index (χ4v) is 2.46. The van der Waals surface area contributed by atoms with Crippen LogP contribution in [0.4, 0.5) is 11.6 Å². The van der Waals surface area contributed by atoms with Crippen molar-refractivity contribution in [2.24, 2.45) is 5.92 Å². The average Bonchev–Trinajstić information content (AvgIpc) is 2.46. The van der Waals surface area contributed by atoms with Gasteiger partial charge < -0.3 is 15.4 Å². The van der Waals surface area contributed by atoms with Crippen LogP contribution in [0.1, 0.15) is 45.0 Å². The van der Waals surface area contributed by atoms with Crippen LogP contribution in [-0.2, 0) is 10.2 Å². The maximum Gasteiger partial charge on any atom is 0.138 e. The lowest BCUT2D eigenvalue weighted by Crippen LogP contribution is -2.24. The van der Waals surface area contributed by atoms with E-state index < -0.39 is 0 Å². The molecule has 0 radical (unpaired) electrons. The minimum Gasteiger partial charge on any atom is -0.381 e. The van der Waals surface area contributed by atoms with Crippen LogP contribution in [0.15, 0.2) is 0 Å². The molecule has 118 valence electrons. The third kappa shape index (κ3) is 4.06. The standard InChI is InChI=1S/C16H28N4O/c1-11-13(17-5)19-15(16(2,3)4)20-14(11)18-10-12-6-8-21-9-7-12/h12H,6-10H2,1-5H3,(H2,17,18,19,20). The summed E-state index contributed by atoms with van der Waals surface area (Å²) in [6, 6.07) is 0. The highest BCUT2D eigenvalue weighted by atomic mass is 16.5. The Morgan fingerprint density at radius 1 is 1.14 bits per heavy atom. The average molecular weight is 292 g/mol. The normalized spacial score (nSPS) is 16.8. The van der Waals surface area contributed by atoms with Crippen molar-refractivity contribution in [2.45, 2.75) is 46.0 Å². The molecule has 0 aromatic carbocycles. The molecule has 0 spiro atoms. The summed E-state index contributed by atoms with van der Waals surface area (Å²) in [5.41, 5.74) is 1.02. The van der Waals surface area contributed by atoms with Crippen molar-refractivity contribution in [3.63, 3.8) is 0 Å². The van der Waals surface area contributed by atoms with Gasteiger partial charge >= 0.3 is 0 Å². The second-order valence-corrected chi connectivity index (χ2v) is 6.81. The van der Waals surface area contributed by atoms with Crippen LogP contribution in [0.3, 0.4) is 0 Å². The number of aromatic nitrogens is 2. The first-order valence-electron chi connectivity index (χ1n) is 7.80. The molecule has 1 aliphatic rings. The zero-order chi connectivity index (χ0) is 15.5. The minimum absolute atomic E-state index is 0.0611. The van der Waals surface area contributed by atoms with Crippen LogP contribution in [0.2, 0.25) is 0 Å². The summed E-state index contributed by atoms with van der Waals surface area (Å²) in [7, 11) is 1.91. The lowest BCUT2D eigenvalue weighted by atomic mass is 9.95. The van der Waals surface area contributed by atoms with Gasteiger partial charge in [-0.05, 0) is 25.7 Å². The largest absolute Gasteiger partial charge is 0.381 e. The van der Waals surface area contributed by atoms with Crippen LogP contribution in [0, 0.1) is 12.8 Å². The van der Waals surface area contributed by atoms with Gasteiger partial charge in [0.2, 0.25) is 0 Å². The predicted molar refractivity (Wildman–Crippen MR) is 87.0 cm³/mol. The molecule has 1 aliphatic heterocycles. The Hall–Kier alpha value is -1.36. The molecule has 21 heavy (non-hydrogen) atoms. The Morgan fingerprint density at radius 2 is 1.76 bits per heavy atom. The highest BCUT2D eigenvalue weighted by molar-refractivity contribution is 5.57. The van der Waals surface area contributed by atoms with Crippen molar-refractivity contribution in [1.82, 2.24) is 9.97 Å². The first kappa shape index (κ1) is 16.0. The smallest absolute Gasteiger partial charge is 0.138 e. The van der Waals surface area contributed by atoms with Crippen LogP contribution >= 0.6 is 0 Å². The number of nitrogens with one attached hydrogen (secondary N) is 2. The molecular formula is C16H28N4O. The molecule has 0 atom stereocenters. The van der Waals surface area contributed by atoms with E-state index in [1.54, 1.807) is 0 Å². The third-order valence-corrected chi connectivity index (χ3v) is 3.95. The zero-order valence-electron chi connectivity index (χ0n) is 13.9. The van der Waals surface area contributed by atoms with E-state index in [1.165, 1.54) is 0 Å². The van der Waals surface area contributed by atoms with Crippen molar-refractivity contribution in [1.29, 1.82) is 0 Å². The van der Waals surface area contributed by atoms with Crippen molar-refractivity contribution < 1.29 is 4.74 Å². The van der Waals surface area contributed by atoms with Gasteiger partial charge in [0.1, 0.15) is 17.5 Å². The van der Waals surface area contributed by atoms with Crippen molar-refractivity contribution >= 4 is 11.6 Å². The van der Waals surface area contributed by atoms with Crippen LogP contribution in [-0.4, -0.2) is 36.8 Å². The number of anilines is 2. The molecule has 1 saturated heterocycles. The number of nitrogens with zero attached hydrogens (tertiary/aromatic N) is 2. The van der Waals surface area contributed by atoms with Gasteiger partial charge in [-0.25, -0.2) is 9.97 Å². The fourth-order valence-electron chi connectivity index (χ4n) is 2.46. The van der Waals surface area contributed by atoms with Crippen molar-refractivity contribution in [2.75, 3.05) is 37.4 Å². The van der Waals surface area contributed by atoms with E-state index >= 15 is 0 Å². The van der Waals surface area contributed by atoms with E-state index in [2.05, 4.69) is 43.3 Å². The maximum atomic E-state index is 5.41. The van der Waals surface area contributed by atoms with Gasteiger partial charge in [0, 0.05) is 37.8 Å². The van der Waals surface area contributed by atoms with E-state index in [4.69, 9.17) is 9.72 Å². The Kier molecular flexibility index (Phi) is 5.04. The van der Waals surface area contributed by atoms with Gasteiger partial charge in [-0.2, -0.15) is 0 Å². The Balaban J connectivity index is 2.16. The highest BCUT2D eigenvalue weighted by Crippen LogP contribution is 2.26. The number of ether oxygens (including phenoxy) is 1. The van der Waals surface area contributed by atoms with Crippen LogP contribution in [0.5, 0.6) is 0 Å². The van der Waals surface area contributed by atoms with Crippen molar-refractivity contribution in [3.05, 3.63) is 11.4 Å². The van der Waals surface area contributed by atoms with Crippen LogP contribution in [0.25, 0.3) is 0 Å². The first-order valence-corrected chi connectivity index (χ1v) is 7.80. The third-order valence-electron chi connectivity index (χ3n) is 3.95. The quantitative estimate of drug-likeness (QED) is 0.893. The highest BCUT2D eigenvalue weighted by Gasteiger charge is 2.21. The molecule has 0 aliphatic carbocycles. The lowest BCUT2D eigenvalue weighted by molar-refractivity contribution is 0.0699. The first-order chi connectivity index (χ1) is 9.91. The molecule has 1 aromatic heterocycles. The Bertz CT molecular complexity index is 476. The number of rotatable bonds is 4. The van der Waals surface area contributed by atoms with Gasteiger partial charge in [0.05, 0.1) is 0 Å². The van der Waals surface area contributed by atoms with Crippen molar-refractivity contribution in [3.8, 4) is 0 Å². The summed E-state index contributed by atoms with van der Waals surface area (Å²) in [5.74, 6) is 3.39. The summed E-state index contributed by atoms with van der Waals surface area (Å²) in [6.45, 7) is 11.2. The van der Waals surface area contributed by atoms with Crippen LogP contribution < -0.4 is 10.6 Å². The minimum atomic E-state index is -0.0611. The Morgan fingerprint density at radius 3 is 2.33 bits per heavy atom. The van der Waals surface area contributed by atoms with Gasteiger partial charge in [-0.15, -0.1) is 0 Å². The molecule has 1 fully saturated rings. The van der Waals surface area contributed by atoms with E-state index in [1.807, 2.05) is 7.05 Å². The summed E-state index contributed by atoms with van der Waals surface area (Å²) in [5, 5.41) is 6.70. The summed E-state index contributed by atoms with van der Waals surface area (Å²) < 4.78 is 5.41. The SMILES string of the molecule is CNc1nc(C(C)(C)C)nc(NCC2CCOCC2)c1C. The maximum absolute atomic E-state index is 5.41. The number of hydrogen-bond acceptors (Lipinski definition) is 5. The fraction of sp³-hybridized carbons (Fsp3) is 0.750. The second-order valence-electron chi connectivity index (χ2n) is 6.81. The van der Waals surface area contributed by atoms with Gasteiger partial charge in [-0.3, -0.25) is 0 Å². The van der Waals surface area contributed by atoms with Gasteiger partial charge in [0.25, 0.3) is 0 Å². The summed E-state index contributed by atoms with van der Waals surface area (Å²) in [6.07, 6.45) is 2.25. The van der Waals surface area contributed by atoms with E-state index in [0.717, 1.165) is 55.6 Å². The van der Waals surface area contributed by atoms with E-state index in [-0.39, 0.29) is 5.41 Å². The zero-order valence-corrected chi connectivity index (χ0v) is 13.9. The summed E-state index contributed by atoms with van der Waals surface area (Å²) in [4.78, 5) is 9.38. The summed E-state index contributed by atoms with van der Waals surface area (Å²) >= 11 is 0. The predicted octanol–water partition coefficient (Wildman–Crippen LogP) is 2.96. The molecule has 5 nitrogen and oxygen atoms in total. The molecule has 0 amide bonds. The molecule has 0 unspecified atom stereocenters. The van der Waals surface area contributed by atoms with E-state index in [9.17, 15) is 0 Å². The van der Waals surface area contributed by atoms with E-state index in [0.29, 0.717) is 5.92 Å². The van der Waals surface area contributed by atoms with Gasteiger partial charge in [-0.1, -0.05) is 20.8 Å². The molecular weight excluding hydrogens is 264 g/mol. The molecule has 0 saturated carbocycles. The molecule has 2 rings (SSSR count). The molecule has 1 aromatic rings. The van der Waals surface area contributed by atoms with Gasteiger partial charge in [0.15, 0.2) is 0 Å². The monoisotopic (exact) mass is 292 g/mol. The second kappa shape index (κ2) is 6.60. The topological polar surface area (TPSA) is 59.1 Å². The molecule has 2 N–H and O–H groups in total. The number of hydrogen-bond donors (Lipinski definition) is 2. The molecule has 2 heterocycles. The lowest BCUT2D eigenvalue weighted by Gasteiger charge is -2.24. The Labute approximate surface area is 127 Å².